The van der Waals surface area contributed by atoms with Gasteiger partial charge in [-0.3, -0.25) is 10.1 Å². The molecule has 0 aliphatic heterocycles. The minimum absolute atomic E-state index is 0.0687. The number of aryl methyl sites for hydroxylation is 2. The second kappa shape index (κ2) is 7.60. The maximum atomic E-state index is 11.9. The normalized spacial score (nSPS) is 14.2. The third-order valence-corrected chi connectivity index (χ3v) is 4.31. The summed E-state index contributed by atoms with van der Waals surface area (Å²) in [5, 5.41) is 7.35. The molecule has 108 valence electrons. The van der Waals surface area contributed by atoms with E-state index in [2.05, 4.69) is 29.5 Å². The van der Waals surface area contributed by atoms with Gasteiger partial charge in [-0.15, -0.1) is 11.3 Å². The molecular weight excluding hydrogens is 258 g/mol. The summed E-state index contributed by atoms with van der Waals surface area (Å²) in [6, 6.07) is -0.0354. The van der Waals surface area contributed by atoms with Gasteiger partial charge in [-0.25, -0.2) is 4.98 Å². The Balaban J connectivity index is 2.49. The van der Waals surface area contributed by atoms with E-state index in [0.29, 0.717) is 0 Å². The van der Waals surface area contributed by atoms with Gasteiger partial charge in [-0.2, -0.15) is 0 Å². The zero-order valence-electron chi connectivity index (χ0n) is 12.5. The van der Waals surface area contributed by atoms with Gasteiger partial charge in [0.25, 0.3) is 0 Å². The summed E-state index contributed by atoms with van der Waals surface area (Å²) >= 11 is 1.69. The number of carbonyl (C=O) groups excluding carboxylic acids is 1. The molecule has 1 heterocycles. The second-order valence-corrected chi connectivity index (χ2v) is 6.17. The average Bonchev–Trinajstić information content (AvgIpc) is 2.68. The van der Waals surface area contributed by atoms with E-state index in [1.54, 1.807) is 11.3 Å². The first-order valence-electron chi connectivity index (χ1n) is 6.93. The molecule has 1 aromatic heterocycles. The van der Waals surface area contributed by atoms with Gasteiger partial charge in [-0.1, -0.05) is 13.3 Å². The maximum absolute atomic E-state index is 11.9. The summed E-state index contributed by atoms with van der Waals surface area (Å²) < 4.78 is 0. The number of carbonyl (C=O) groups is 1. The van der Waals surface area contributed by atoms with Crippen molar-refractivity contribution >= 4 is 17.2 Å². The monoisotopic (exact) mass is 283 g/mol. The van der Waals surface area contributed by atoms with Gasteiger partial charge in [0.1, 0.15) is 0 Å². The van der Waals surface area contributed by atoms with Gasteiger partial charge >= 0.3 is 0 Å². The lowest BCUT2D eigenvalue weighted by Gasteiger charge is -2.19. The Hall–Kier alpha value is -0.940. The van der Waals surface area contributed by atoms with E-state index in [9.17, 15) is 4.79 Å². The van der Waals surface area contributed by atoms with Crippen LogP contribution < -0.4 is 10.6 Å². The average molecular weight is 283 g/mol. The highest BCUT2D eigenvalue weighted by Gasteiger charge is 2.18. The molecule has 4 nitrogen and oxygen atoms in total. The molecule has 0 aromatic carbocycles. The van der Waals surface area contributed by atoms with E-state index >= 15 is 0 Å². The number of aromatic nitrogens is 1. The number of rotatable bonds is 7. The van der Waals surface area contributed by atoms with Crippen molar-refractivity contribution in [2.45, 2.75) is 59.5 Å². The minimum Gasteiger partial charge on any atom is -0.355 e. The molecule has 0 spiro atoms. The van der Waals surface area contributed by atoms with Crippen LogP contribution in [0.4, 0.5) is 0 Å². The molecule has 1 aromatic rings. The van der Waals surface area contributed by atoms with Crippen molar-refractivity contribution in [1.29, 1.82) is 0 Å². The number of nitrogens with zero attached hydrogens (tertiary/aromatic N) is 1. The Morgan fingerprint density at radius 2 is 2.05 bits per heavy atom. The van der Waals surface area contributed by atoms with E-state index in [1.807, 2.05) is 20.8 Å². The molecule has 1 amide bonds. The van der Waals surface area contributed by atoms with E-state index in [4.69, 9.17) is 0 Å². The topological polar surface area (TPSA) is 54.0 Å². The van der Waals surface area contributed by atoms with Crippen molar-refractivity contribution in [3.63, 3.8) is 0 Å². The van der Waals surface area contributed by atoms with Crippen LogP contribution in [0.1, 0.15) is 55.2 Å². The zero-order chi connectivity index (χ0) is 14.4. The van der Waals surface area contributed by atoms with Crippen LogP contribution in [-0.2, 0) is 4.79 Å². The van der Waals surface area contributed by atoms with Crippen molar-refractivity contribution in [1.82, 2.24) is 15.6 Å². The molecule has 0 saturated carbocycles. The van der Waals surface area contributed by atoms with Crippen LogP contribution in [0, 0.1) is 13.8 Å². The van der Waals surface area contributed by atoms with Crippen LogP contribution >= 0.6 is 11.3 Å². The van der Waals surface area contributed by atoms with E-state index in [-0.39, 0.29) is 18.0 Å². The van der Waals surface area contributed by atoms with Gasteiger partial charge in [0.05, 0.1) is 16.7 Å². The number of nitrogens with one attached hydrogen (secondary N) is 2. The molecule has 0 aliphatic carbocycles. The first kappa shape index (κ1) is 16.1. The van der Waals surface area contributed by atoms with Crippen LogP contribution in [0.25, 0.3) is 0 Å². The van der Waals surface area contributed by atoms with Crippen molar-refractivity contribution in [3.05, 3.63) is 15.6 Å². The van der Waals surface area contributed by atoms with Gasteiger partial charge < -0.3 is 5.32 Å². The molecule has 2 N–H and O–H groups in total. The Morgan fingerprint density at radius 1 is 1.37 bits per heavy atom. The lowest BCUT2D eigenvalue weighted by Crippen LogP contribution is -2.43. The SMILES string of the molecule is CCCCNC(=O)C(C)NC(C)c1sc(C)nc1C. The molecule has 0 bridgehead atoms. The Morgan fingerprint density at radius 3 is 2.58 bits per heavy atom. The van der Waals surface area contributed by atoms with Crippen molar-refractivity contribution in [2.75, 3.05) is 6.54 Å². The van der Waals surface area contributed by atoms with Gasteiger partial charge in [0.15, 0.2) is 0 Å². The van der Waals surface area contributed by atoms with Gasteiger partial charge in [0.2, 0.25) is 5.91 Å². The molecule has 0 radical (unpaired) electrons. The Labute approximate surface area is 120 Å². The van der Waals surface area contributed by atoms with Crippen LogP contribution in [0.3, 0.4) is 0 Å². The minimum atomic E-state index is -0.186. The van der Waals surface area contributed by atoms with E-state index in [1.165, 1.54) is 4.88 Å². The highest BCUT2D eigenvalue weighted by molar-refractivity contribution is 7.11. The highest BCUT2D eigenvalue weighted by Crippen LogP contribution is 2.24. The molecule has 2 atom stereocenters. The predicted octanol–water partition coefficient (Wildman–Crippen LogP) is 2.72. The molecule has 0 fully saturated rings. The number of hydrogen-bond acceptors (Lipinski definition) is 4. The van der Waals surface area contributed by atoms with Crippen molar-refractivity contribution in [3.8, 4) is 0 Å². The second-order valence-electron chi connectivity index (χ2n) is 4.94. The van der Waals surface area contributed by atoms with Crippen LogP contribution in [-0.4, -0.2) is 23.5 Å². The molecule has 5 heteroatoms. The molecule has 0 aliphatic rings. The van der Waals surface area contributed by atoms with Crippen LogP contribution in [0.2, 0.25) is 0 Å². The summed E-state index contributed by atoms with van der Waals surface area (Å²) in [6.45, 7) is 10.9. The van der Waals surface area contributed by atoms with Crippen LogP contribution in [0.5, 0.6) is 0 Å². The zero-order valence-corrected chi connectivity index (χ0v) is 13.4. The predicted molar refractivity (Wildman–Crippen MR) is 80.5 cm³/mol. The molecule has 1 rings (SSSR count). The smallest absolute Gasteiger partial charge is 0.236 e. The van der Waals surface area contributed by atoms with E-state index in [0.717, 1.165) is 30.1 Å². The Bertz CT molecular complexity index is 417. The Kier molecular flexibility index (Phi) is 6.45. The number of thiazole rings is 1. The summed E-state index contributed by atoms with van der Waals surface area (Å²) in [6.07, 6.45) is 2.12. The fourth-order valence-corrected chi connectivity index (χ4v) is 2.96. The molecule has 0 saturated heterocycles. The first-order chi connectivity index (χ1) is 8.95. The molecule has 2 unspecified atom stereocenters. The van der Waals surface area contributed by atoms with Gasteiger partial charge in [-0.05, 0) is 34.1 Å². The number of hydrogen-bond donors (Lipinski definition) is 2. The highest BCUT2D eigenvalue weighted by atomic mass is 32.1. The summed E-state index contributed by atoms with van der Waals surface area (Å²) in [7, 11) is 0. The van der Waals surface area contributed by atoms with Crippen molar-refractivity contribution < 1.29 is 4.79 Å². The number of unbranched alkanes of at least 4 members (excludes halogenated alkanes) is 1. The summed E-state index contributed by atoms with van der Waals surface area (Å²) in [4.78, 5) is 17.5. The van der Waals surface area contributed by atoms with Crippen molar-refractivity contribution in [2.24, 2.45) is 0 Å². The number of amides is 1. The lowest BCUT2D eigenvalue weighted by atomic mass is 10.2. The fraction of sp³-hybridized carbons (Fsp3) is 0.714. The summed E-state index contributed by atoms with van der Waals surface area (Å²) in [5.41, 5.74) is 1.06. The largest absolute Gasteiger partial charge is 0.355 e. The first-order valence-corrected chi connectivity index (χ1v) is 7.75. The fourth-order valence-electron chi connectivity index (χ4n) is 2.02. The lowest BCUT2D eigenvalue weighted by molar-refractivity contribution is -0.122. The van der Waals surface area contributed by atoms with E-state index < -0.39 is 0 Å². The maximum Gasteiger partial charge on any atom is 0.236 e. The quantitative estimate of drug-likeness (QED) is 0.757. The summed E-state index contributed by atoms with van der Waals surface area (Å²) in [5.74, 6) is 0.0687. The third kappa shape index (κ3) is 4.91. The molecule has 19 heavy (non-hydrogen) atoms. The third-order valence-electron chi connectivity index (χ3n) is 3.06. The molecular formula is C14H25N3OS. The standard InChI is InChI=1S/C14H25N3OS/c1-6-7-8-15-14(18)11(4)16-9(2)13-10(3)17-12(5)19-13/h9,11,16H,6-8H2,1-5H3,(H,15,18). The van der Waals surface area contributed by atoms with Crippen LogP contribution in [0.15, 0.2) is 0 Å². The van der Waals surface area contributed by atoms with Gasteiger partial charge in [0, 0.05) is 17.5 Å².